The lowest BCUT2D eigenvalue weighted by Crippen LogP contribution is -2.26. The Bertz CT molecular complexity index is 1020. The monoisotopic (exact) mass is 393 g/mol. The van der Waals surface area contributed by atoms with Gasteiger partial charge in [0.25, 0.3) is 5.91 Å². The van der Waals surface area contributed by atoms with Crippen molar-refractivity contribution in [2.75, 3.05) is 13.2 Å². The molecule has 0 atom stereocenters. The third-order valence-electron chi connectivity index (χ3n) is 4.82. The minimum atomic E-state index is -0.278. The van der Waals surface area contributed by atoms with Crippen molar-refractivity contribution in [3.63, 3.8) is 0 Å². The summed E-state index contributed by atoms with van der Waals surface area (Å²) in [5.74, 6) is 0.475. The van der Waals surface area contributed by atoms with Crippen molar-refractivity contribution >= 4 is 22.9 Å². The van der Waals surface area contributed by atoms with E-state index < -0.39 is 0 Å². The number of para-hydroxylation sites is 2. The summed E-state index contributed by atoms with van der Waals surface area (Å²) in [6.07, 6.45) is 1.38. The van der Waals surface area contributed by atoms with Crippen LogP contribution in [0.1, 0.15) is 40.7 Å². The molecule has 1 N–H and O–H groups in total. The van der Waals surface area contributed by atoms with Crippen LogP contribution in [0.3, 0.4) is 0 Å². The van der Waals surface area contributed by atoms with E-state index in [1.165, 1.54) is 0 Å². The molecule has 0 radical (unpaired) electrons. The third-order valence-corrected chi connectivity index (χ3v) is 4.82. The Hall–Kier alpha value is -3.15. The Labute approximate surface area is 170 Å². The second-order valence-electron chi connectivity index (χ2n) is 7.09. The molecule has 0 aliphatic carbocycles. The molecule has 1 amide bonds. The van der Waals surface area contributed by atoms with E-state index in [1.807, 2.05) is 60.9 Å². The zero-order valence-electron chi connectivity index (χ0n) is 17.2. The molecule has 0 saturated carbocycles. The van der Waals surface area contributed by atoms with E-state index in [0.29, 0.717) is 25.1 Å². The number of benzene rings is 2. The smallest absolute Gasteiger partial charge is 0.326 e. The van der Waals surface area contributed by atoms with Crippen LogP contribution < -0.4 is 5.32 Å². The predicted octanol–water partition coefficient (Wildman–Crippen LogP) is 3.58. The lowest BCUT2D eigenvalue weighted by atomic mass is 10.1. The minimum Gasteiger partial charge on any atom is -0.465 e. The molecule has 0 bridgehead atoms. The number of aryl methyl sites for hydroxylation is 3. The van der Waals surface area contributed by atoms with Gasteiger partial charge in [0, 0.05) is 18.5 Å². The van der Waals surface area contributed by atoms with E-state index in [4.69, 9.17) is 4.74 Å². The molecule has 6 heteroatoms. The molecule has 1 heterocycles. The van der Waals surface area contributed by atoms with E-state index in [1.54, 1.807) is 6.92 Å². The van der Waals surface area contributed by atoms with Crippen molar-refractivity contribution < 1.29 is 14.3 Å². The fourth-order valence-electron chi connectivity index (χ4n) is 3.44. The maximum Gasteiger partial charge on any atom is 0.326 e. The number of aromatic nitrogens is 2. The molecular formula is C23H27N3O3. The van der Waals surface area contributed by atoms with Gasteiger partial charge in [-0.1, -0.05) is 29.8 Å². The van der Waals surface area contributed by atoms with Gasteiger partial charge in [-0.3, -0.25) is 9.59 Å². The van der Waals surface area contributed by atoms with Crippen LogP contribution in [0.4, 0.5) is 0 Å². The average Bonchev–Trinajstić information content (AvgIpc) is 3.02. The summed E-state index contributed by atoms with van der Waals surface area (Å²) in [6.45, 7) is 6.78. The quantitative estimate of drug-likeness (QED) is 0.469. The van der Waals surface area contributed by atoms with Gasteiger partial charge >= 0.3 is 5.97 Å². The summed E-state index contributed by atoms with van der Waals surface area (Å²) in [5, 5.41) is 2.98. The fourth-order valence-corrected chi connectivity index (χ4v) is 3.44. The number of hydrogen-bond acceptors (Lipinski definition) is 4. The van der Waals surface area contributed by atoms with Crippen LogP contribution in [0.25, 0.3) is 11.0 Å². The van der Waals surface area contributed by atoms with Gasteiger partial charge in [-0.2, -0.15) is 0 Å². The van der Waals surface area contributed by atoms with Crippen LogP contribution in [0.5, 0.6) is 0 Å². The van der Waals surface area contributed by atoms with Crippen LogP contribution in [0, 0.1) is 13.8 Å². The fraction of sp³-hybridized carbons (Fsp3) is 0.348. The molecule has 152 valence electrons. The maximum atomic E-state index is 12.4. The number of imidazole rings is 1. The zero-order valence-corrected chi connectivity index (χ0v) is 17.2. The topological polar surface area (TPSA) is 73.2 Å². The first-order chi connectivity index (χ1) is 14.0. The number of rotatable bonds is 8. The summed E-state index contributed by atoms with van der Waals surface area (Å²) >= 11 is 0. The third kappa shape index (κ3) is 5.02. The SMILES string of the molecule is CCOC(=O)Cn1c(CCCNC(=O)c2ccc(C)cc2C)nc2ccccc21. The predicted molar refractivity (Wildman–Crippen MR) is 113 cm³/mol. The molecule has 3 rings (SSSR count). The number of carbonyl (C=O) groups is 2. The first-order valence-electron chi connectivity index (χ1n) is 9.94. The first-order valence-corrected chi connectivity index (χ1v) is 9.94. The highest BCUT2D eigenvalue weighted by Crippen LogP contribution is 2.17. The summed E-state index contributed by atoms with van der Waals surface area (Å²) in [5.41, 5.74) is 4.57. The Morgan fingerprint density at radius 2 is 1.93 bits per heavy atom. The number of carbonyl (C=O) groups excluding carboxylic acids is 2. The molecule has 1 aromatic heterocycles. The van der Waals surface area contributed by atoms with Gasteiger partial charge in [-0.05, 0) is 51.0 Å². The highest BCUT2D eigenvalue weighted by Gasteiger charge is 2.14. The second kappa shape index (κ2) is 9.37. The number of fused-ring (bicyclic) bond motifs is 1. The van der Waals surface area contributed by atoms with Gasteiger partial charge in [-0.15, -0.1) is 0 Å². The minimum absolute atomic E-state index is 0.0671. The highest BCUT2D eigenvalue weighted by atomic mass is 16.5. The standard InChI is InChI=1S/C23H27N3O3/c1-4-29-22(27)15-26-20-9-6-5-8-19(20)25-21(26)10-7-13-24-23(28)18-12-11-16(2)14-17(18)3/h5-6,8-9,11-12,14H,4,7,10,13,15H2,1-3H3,(H,24,28). The molecule has 0 saturated heterocycles. The zero-order chi connectivity index (χ0) is 20.8. The van der Waals surface area contributed by atoms with E-state index in [2.05, 4.69) is 10.3 Å². The number of esters is 1. The Morgan fingerprint density at radius 1 is 1.14 bits per heavy atom. The number of amides is 1. The summed E-state index contributed by atoms with van der Waals surface area (Å²) in [6, 6.07) is 13.6. The largest absolute Gasteiger partial charge is 0.465 e. The number of nitrogens with zero attached hydrogens (tertiary/aromatic N) is 2. The maximum absolute atomic E-state index is 12.4. The molecule has 29 heavy (non-hydrogen) atoms. The highest BCUT2D eigenvalue weighted by molar-refractivity contribution is 5.95. The molecule has 0 fully saturated rings. The molecule has 0 aliphatic heterocycles. The van der Waals surface area contributed by atoms with E-state index in [9.17, 15) is 9.59 Å². The molecule has 3 aromatic rings. The lowest BCUT2D eigenvalue weighted by molar-refractivity contribution is -0.143. The van der Waals surface area contributed by atoms with Gasteiger partial charge in [0.1, 0.15) is 12.4 Å². The normalized spacial score (nSPS) is 10.9. The van der Waals surface area contributed by atoms with Gasteiger partial charge in [-0.25, -0.2) is 4.98 Å². The van der Waals surface area contributed by atoms with Crippen molar-refractivity contribution in [2.24, 2.45) is 0 Å². The summed E-state index contributed by atoms with van der Waals surface area (Å²) in [4.78, 5) is 29.1. The van der Waals surface area contributed by atoms with E-state index in [0.717, 1.165) is 34.4 Å². The summed E-state index contributed by atoms with van der Waals surface area (Å²) in [7, 11) is 0. The van der Waals surface area contributed by atoms with Crippen LogP contribution in [-0.2, 0) is 22.5 Å². The molecule has 0 unspecified atom stereocenters. The number of hydrogen-bond donors (Lipinski definition) is 1. The van der Waals surface area contributed by atoms with Crippen LogP contribution in [0.2, 0.25) is 0 Å². The first kappa shape index (κ1) is 20.6. The molecule has 0 aliphatic rings. The number of nitrogens with one attached hydrogen (secondary N) is 1. The lowest BCUT2D eigenvalue weighted by Gasteiger charge is -2.10. The van der Waals surface area contributed by atoms with Crippen molar-refractivity contribution in [2.45, 2.75) is 40.2 Å². The van der Waals surface area contributed by atoms with Gasteiger partial charge < -0.3 is 14.6 Å². The van der Waals surface area contributed by atoms with Crippen LogP contribution >= 0.6 is 0 Å². The summed E-state index contributed by atoms with van der Waals surface area (Å²) < 4.78 is 7.00. The van der Waals surface area contributed by atoms with E-state index >= 15 is 0 Å². The Balaban J connectivity index is 1.64. The second-order valence-corrected chi connectivity index (χ2v) is 7.09. The molecular weight excluding hydrogens is 366 g/mol. The van der Waals surface area contributed by atoms with Gasteiger partial charge in [0.05, 0.1) is 17.6 Å². The average molecular weight is 393 g/mol. The van der Waals surface area contributed by atoms with E-state index in [-0.39, 0.29) is 18.4 Å². The van der Waals surface area contributed by atoms with Crippen molar-refractivity contribution in [3.8, 4) is 0 Å². The van der Waals surface area contributed by atoms with Crippen LogP contribution in [-0.4, -0.2) is 34.6 Å². The van der Waals surface area contributed by atoms with Gasteiger partial charge in [0.15, 0.2) is 0 Å². The molecule has 6 nitrogen and oxygen atoms in total. The van der Waals surface area contributed by atoms with Crippen LogP contribution in [0.15, 0.2) is 42.5 Å². The van der Waals surface area contributed by atoms with Crippen molar-refractivity contribution in [1.29, 1.82) is 0 Å². The molecule has 0 spiro atoms. The Morgan fingerprint density at radius 3 is 2.69 bits per heavy atom. The van der Waals surface area contributed by atoms with Crippen molar-refractivity contribution in [1.82, 2.24) is 14.9 Å². The number of ether oxygens (including phenoxy) is 1. The molecule has 2 aromatic carbocycles. The van der Waals surface area contributed by atoms with Gasteiger partial charge in [0.2, 0.25) is 0 Å². The Kier molecular flexibility index (Phi) is 6.65. The van der Waals surface area contributed by atoms with Crippen molar-refractivity contribution in [3.05, 3.63) is 65.0 Å².